The number of unbranched alkanes of at least 4 members (excludes halogenated alkanes) is 8. The zero-order valence-electron chi connectivity index (χ0n) is 25.3. The lowest BCUT2D eigenvalue weighted by Gasteiger charge is -2.29. The lowest BCUT2D eigenvalue weighted by Crippen LogP contribution is -2.27. The average molecular weight is 565 g/mol. The fraction of sp³-hybridized carbons (Fsp3) is 0.639. The number of carboxylic acids is 1. The Morgan fingerprint density at radius 1 is 0.805 bits per heavy atom. The third kappa shape index (κ3) is 10.4. The van der Waals surface area contributed by atoms with Crippen molar-refractivity contribution in [3.8, 4) is 16.9 Å². The minimum Gasteiger partial charge on any atom is -0.494 e. The van der Waals surface area contributed by atoms with Crippen LogP contribution < -0.4 is 4.74 Å². The van der Waals surface area contributed by atoms with E-state index < -0.39 is 5.97 Å². The number of carboxylic acid groups (broad SMARTS) is 1. The smallest absolute Gasteiger partial charge is 0.336 e. The zero-order valence-corrected chi connectivity index (χ0v) is 25.3. The van der Waals surface area contributed by atoms with E-state index in [9.17, 15) is 9.90 Å². The molecule has 41 heavy (non-hydrogen) atoms. The van der Waals surface area contributed by atoms with Gasteiger partial charge < -0.3 is 19.3 Å². The fourth-order valence-corrected chi connectivity index (χ4v) is 6.35. The molecular weight excluding hydrogens is 512 g/mol. The van der Waals surface area contributed by atoms with Crippen LogP contribution in [0.3, 0.4) is 0 Å². The Labute approximate surface area is 248 Å². The molecule has 2 aromatic rings. The predicted molar refractivity (Wildman–Crippen MR) is 166 cm³/mol. The topological polar surface area (TPSA) is 65.0 Å². The fourth-order valence-electron chi connectivity index (χ4n) is 6.35. The molecule has 1 saturated carbocycles. The van der Waals surface area contributed by atoms with Crippen LogP contribution >= 0.6 is 0 Å². The first-order valence-electron chi connectivity index (χ1n) is 16.5. The van der Waals surface area contributed by atoms with Gasteiger partial charge >= 0.3 is 5.97 Å². The highest BCUT2D eigenvalue weighted by Crippen LogP contribution is 2.33. The average Bonchev–Trinajstić information content (AvgIpc) is 3.52. The second-order valence-electron chi connectivity index (χ2n) is 12.3. The molecule has 0 amide bonds. The van der Waals surface area contributed by atoms with E-state index in [4.69, 9.17) is 14.2 Å². The van der Waals surface area contributed by atoms with E-state index in [1.54, 1.807) is 12.1 Å². The maximum Gasteiger partial charge on any atom is 0.336 e. The molecule has 0 bridgehead atoms. The number of carbonyl (C=O) groups is 1. The van der Waals surface area contributed by atoms with Crippen molar-refractivity contribution in [2.24, 2.45) is 11.8 Å². The first kappa shape index (κ1) is 31.6. The molecule has 2 aliphatic rings. The monoisotopic (exact) mass is 564 g/mol. The van der Waals surface area contributed by atoms with Gasteiger partial charge in [0.25, 0.3) is 0 Å². The van der Waals surface area contributed by atoms with Crippen molar-refractivity contribution in [2.45, 2.75) is 116 Å². The number of hydrogen-bond donors (Lipinski definition) is 1. The molecule has 2 aromatic carbocycles. The molecule has 0 aromatic heterocycles. The van der Waals surface area contributed by atoms with E-state index in [2.05, 4.69) is 6.92 Å². The SMILES string of the molecule is CCCCCCCCC1COC(c2ccc(-c3cc(OCCCCCCC4CCCC4)ccc3C(=O)O)cc2)OC1. The molecule has 1 N–H and O–H groups in total. The Balaban J connectivity index is 1.22. The Morgan fingerprint density at radius 2 is 1.44 bits per heavy atom. The van der Waals surface area contributed by atoms with Crippen LogP contribution in [0.15, 0.2) is 42.5 Å². The van der Waals surface area contributed by atoms with Crippen molar-refractivity contribution in [3.63, 3.8) is 0 Å². The van der Waals surface area contributed by atoms with E-state index in [0.717, 1.165) is 48.8 Å². The molecule has 1 aliphatic heterocycles. The van der Waals surface area contributed by atoms with Crippen LogP contribution in [0, 0.1) is 11.8 Å². The summed E-state index contributed by atoms with van der Waals surface area (Å²) in [6, 6.07) is 13.2. The van der Waals surface area contributed by atoms with E-state index in [1.165, 1.54) is 89.9 Å². The summed E-state index contributed by atoms with van der Waals surface area (Å²) >= 11 is 0. The summed E-state index contributed by atoms with van der Waals surface area (Å²) in [7, 11) is 0. The third-order valence-corrected chi connectivity index (χ3v) is 8.90. The number of aromatic carboxylic acids is 1. The standard InChI is InChI=1S/C36H52O5/c1-2-3-4-5-6-10-17-29-26-40-36(41-27-29)31-20-18-30(19-21-31)34-25-32(22-23-33(34)35(37)38)39-24-13-8-7-9-14-28-15-11-12-16-28/h18-23,25,28-29,36H,2-17,24,26-27H2,1H3,(H,37,38). The van der Waals surface area contributed by atoms with Crippen LogP contribution in [-0.4, -0.2) is 30.9 Å². The lowest BCUT2D eigenvalue weighted by molar-refractivity contribution is -0.206. The summed E-state index contributed by atoms with van der Waals surface area (Å²) < 4.78 is 18.2. The van der Waals surface area contributed by atoms with Gasteiger partial charge in [0.05, 0.1) is 25.4 Å². The maximum atomic E-state index is 12.0. The quantitative estimate of drug-likeness (QED) is 0.183. The largest absolute Gasteiger partial charge is 0.494 e. The number of hydrogen-bond acceptors (Lipinski definition) is 4. The highest BCUT2D eigenvalue weighted by molar-refractivity contribution is 5.96. The van der Waals surface area contributed by atoms with Crippen molar-refractivity contribution < 1.29 is 24.1 Å². The first-order valence-corrected chi connectivity index (χ1v) is 16.5. The zero-order chi connectivity index (χ0) is 28.7. The maximum absolute atomic E-state index is 12.0. The Bertz CT molecular complexity index is 1020. The van der Waals surface area contributed by atoms with Gasteiger partial charge in [-0.15, -0.1) is 0 Å². The summed E-state index contributed by atoms with van der Waals surface area (Å²) in [5, 5.41) is 9.81. The molecule has 0 atom stereocenters. The normalized spacial score (nSPS) is 19.4. The molecule has 1 saturated heterocycles. The van der Waals surface area contributed by atoms with Gasteiger partial charge in [0, 0.05) is 11.5 Å². The van der Waals surface area contributed by atoms with Gasteiger partial charge in [-0.1, -0.05) is 121 Å². The van der Waals surface area contributed by atoms with Crippen LogP contribution in [0.4, 0.5) is 0 Å². The Hall–Kier alpha value is -2.37. The molecule has 1 heterocycles. The van der Waals surface area contributed by atoms with Crippen molar-refractivity contribution in [3.05, 3.63) is 53.6 Å². The highest BCUT2D eigenvalue weighted by Gasteiger charge is 2.23. The van der Waals surface area contributed by atoms with Crippen LogP contribution in [0.1, 0.15) is 132 Å². The first-order chi connectivity index (χ1) is 20.1. The number of benzene rings is 2. The second kappa shape index (κ2) is 17.6. The van der Waals surface area contributed by atoms with Crippen LogP contribution in [-0.2, 0) is 9.47 Å². The summed E-state index contributed by atoms with van der Waals surface area (Å²) in [6.07, 6.45) is 20.5. The van der Waals surface area contributed by atoms with Gasteiger partial charge in [-0.05, 0) is 48.1 Å². The molecule has 2 fully saturated rings. The molecule has 5 heteroatoms. The summed E-state index contributed by atoms with van der Waals surface area (Å²) in [6.45, 7) is 4.36. The van der Waals surface area contributed by atoms with Gasteiger partial charge in [0.1, 0.15) is 5.75 Å². The Morgan fingerprint density at radius 3 is 2.12 bits per heavy atom. The van der Waals surface area contributed by atoms with Gasteiger partial charge in [-0.2, -0.15) is 0 Å². The van der Waals surface area contributed by atoms with E-state index in [-0.39, 0.29) is 11.9 Å². The van der Waals surface area contributed by atoms with Crippen molar-refractivity contribution in [1.29, 1.82) is 0 Å². The van der Waals surface area contributed by atoms with Crippen LogP contribution in [0.2, 0.25) is 0 Å². The molecule has 0 radical (unpaired) electrons. The van der Waals surface area contributed by atoms with E-state index >= 15 is 0 Å². The minimum absolute atomic E-state index is 0.278. The van der Waals surface area contributed by atoms with Crippen molar-refractivity contribution >= 4 is 5.97 Å². The summed E-state index contributed by atoms with van der Waals surface area (Å²) in [5.41, 5.74) is 2.76. The summed E-state index contributed by atoms with van der Waals surface area (Å²) in [4.78, 5) is 12.0. The Kier molecular flexibility index (Phi) is 13.5. The predicted octanol–water partition coefficient (Wildman–Crippen LogP) is 9.98. The molecule has 0 unspecified atom stereocenters. The van der Waals surface area contributed by atoms with E-state index in [0.29, 0.717) is 18.1 Å². The molecule has 226 valence electrons. The van der Waals surface area contributed by atoms with Crippen LogP contribution in [0.5, 0.6) is 5.75 Å². The third-order valence-electron chi connectivity index (χ3n) is 8.90. The van der Waals surface area contributed by atoms with Crippen LogP contribution in [0.25, 0.3) is 11.1 Å². The van der Waals surface area contributed by atoms with Gasteiger partial charge in [0.2, 0.25) is 0 Å². The number of rotatable bonds is 18. The summed E-state index contributed by atoms with van der Waals surface area (Å²) in [5.74, 6) is 1.22. The number of ether oxygens (including phenoxy) is 3. The molecule has 4 rings (SSSR count). The van der Waals surface area contributed by atoms with Gasteiger partial charge in [-0.3, -0.25) is 0 Å². The molecule has 5 nitrogen and oxygen atoms in total. The molecular formula is C36H52O5. The van der Waals surface area contributed by atoms with E-state index in [1.807, 2.05) is 30.3 Å². The van der Waals surface area contributed by atoms with Crippen molar-refractivity contribution in [2.75, 3.05) is 19.8 Å². The second-order valence-corrected chi connectivity index (χ2v) is 12.3. The van der Waals surface area contributed by atoms with Gasteiger partial charge in [-0.25, -0.2) is 4.79 Å². The van der Waals surface area contributed by atoms with Crippen molar-refractivity contribution in [1.82, 2.24) is 0 Å². The molecule has 1 aliphatic carbocycles. The molecule has 0 spiro atoms. The minimum atomic E-state index is -0.937. The lowest BCUT2D eigenvalue weighted by atomic mass is 9.98. The van der Waals surface area contributed by atoms with Gasteiger partial charge in [0.15, 0.2) is 6.29 Å². The highest BCUT2D eigenvalue weighted by atomic mass is 16.7.